The van der Waals surface area contributed by atoms with E-state index in [9.17, 15) is 14.4 Å². The Morgan fingerprint density at radius 3 is 2.50 bits per heavy atom. The fraction of sp³-hybridized carbons (Fsp3) is 0.161. The number of benzene rings is 3. The minimum Gasteiger partial charge on any atom is -0.487 e. The highest BCUT2D eigenvalue weighted by Crippen LogP contribution is 2.35. The molecule has 1 heterocycles. The van der Waals surface area contributed by atoms with Crippen molar-refractivity contribution in [1.82, 2.24) is 10.3 Å². The van der Waals surface area contributed by atoms with Gasteiger partial charge in [0.2, 0.25) is 11.8 Å². The number of hydrogen-bond donors (Lipinski definition) is 2. The van der Waals surface area contributed by atoms with E-state index in [1.807, 2.05) is 37.3 Å². The van der Waals surface area contributed by atoms with Gasteiger partial charge in [0.1, 0.15) is 23.6 Å². The van der Waals surface area contributed by atoms with Crippen LogP contribution in [-0.4, -0.2) is 48.1 Å². The number of anilines is 1. The van der Waals surface area contributed by atoms with Crippen molar-refractivity contribution in [3.05, 3.63) is 99.7 Å². The molecule has 2 N–H and O–H groups in total. The lowest BCUT2D eigenvalue weighted by molar-refractivity contribution is -0.139. The summed E-state index contributed by atoms with van der Waals surface area (Å²) in [5, 5.41) is 12.8. The Morgan fingerprint density at radius 2 is 1.76 bits per heavy atom. The first-order valence-electron chi connectivity index (χ1n) is 12.8. The third kappa shape index (κ3) is 7.78. The minimum absolute atomic E-state index is 0.0520. The number of halogens is 2. The molecule has 0 aliphatic rings. The van der Waals surface area contributed by atoms with Gasteiger partial charge in [0.15, 0.2) is 6.61 Å². The fourth-order valence-corrected chi connectivity index (χ4v) is 4.53. The van der Waals surface area contributed by atoms with Gasteiger partial charge in [-0.15, -0.1) is 0 Å². The molecule has 4 rings (SSSR count). The van der Waals surface area contributed by atoms with Gasteiger partial charge >= 0.3 is 5.97 Å². The second-order valence-electron chi connectivity index (χ2n) is 9.18. The first kappa shape index (κ1) is 30.4. The van der Waals surface area contributed by atoms with Crippen LogP contribution in [0.4, 0.5) is 5.69 Å². The summed E-state index contributed by atoms with van der Waals surface area (Å²) in [6.07, 6.45) is 2.84. The second-order valence-corrected chi connectivity index (χ2v) is 9.97. The summed E-state index contributed by atoms with van der Waals surface area (Å²) in [5.74, 6) is -0.978. The van der Waals surface area contributed by atoms with Crippen LogP contribution < -0.4 is 19.7 Å². The summed E-state index contributed by atoms with van der Waals surface area (Å²) in [5.41, 5.74) is 3.18. The standard InChI is InChI=1S/C31H27Cl2N3O6/c1-19-6-10-21-4-3-5-26(31(21)35-19)42-17-23-24(32)13-14-25(30(23)33)36(2)28(38)16-34-27(37)15-9-20-7-11-22(12-8-20)41-18-29(39)40/h3-15H,16-18H2,1-2H3,(H,34,37)(H,39,40). The van der Waals surface area contributed by atoms with Crippen LogP contribution in [0.3, 0.4) is 0 Å². The number of aryl methyl sites for hydroxylation is 1. The molecule has 0 saturated heterocycles. The number of likely N-dealkylation sites (N-methyl/N-ethyl adjacent to an activating group) is 1. The molecule has 0 fully saturated rings. The van der Waals surface area contributed by atoms with Crippen LogP contribution in [0.25, 0.3) is 17.0 Å². The Hall–Kier alpha value is -4.60. The highest BCUT2D eigenvalue weighted by atomic mass is 35.5. The average Bonchev–Trinajstić information content (AvgIpc) is 2.98. The van der Waals surface area contributed by atoms with E-state index in [4.69, 9.17) is 37.8 Å². The van der Waals surface area contributed by atoms with Gasteiger partial charge in [-0.05, 0) is 55.0 Å². The van der Waals surface area contributed by atoms with E-state index in [0.717, 1.165) is 16.6 Å². The van der Waals surface area contributed by atoms with Crippen molar-refractivity contribution in [2.24, 2.45) is 0 Å². The number of rotatable bonds is 11. The van der Waals surface area contributed by atoms with Crippen LogP contribution in [0.15, 0.2) is 72.8 Å². The number of aliphatic carboxylic acids is 1. The molecule has 11 heteroatoms. The molecule has 0 saturated carbocycles. The molecular formula is C31H27Cl2N3O6. The number of amides is 2. The molecule has 2 amide bonds. The van der Waals surface area contributed by atoms with Crippen molar-refractivity contribution < 1.29 is 29.0 Å². The number of aromatic nitrogens is 1. The van der Waals surface area contributed by atoms with E-state index < -0.39 is 24.4 Å². The van der Waals surface area contributed by atoms with Gasteiger partial charge in [-0.25, -0.2) is 9.78 Å². The highest BCUT2D eigenvalue weighted by Gasteiger charge is 2.19. The predicted octanol–water partition coefficient (Wildman–Crippen LogP) is 5.68. The second kappa shape index (κ2) is 13.8. The molecule has 0 aliphatic carbocycles. The largest absolute Gasteiger partial charge is 0.487 e. The van der Waals surface area contributed by atoms with Crippen LogP contribution in [0.1, 0.15) is 16.8 Å². The molecule has 0 aliphatic heterocycles. The van der Waals surface area contributed by atoms with E-state index >= 15 is 0 Å². The van der Waals surface area contributed by atoms with Crippen molar-refractivity contribution in [2.75, 3.05) is 25.1 Å². The van der Waals surface area contributed by atoms with Crippen LogP contribution in [0.2, 0.25) is 10.0 Å². The highest BCUT2D eigenvalue weighted by molar-refractivity contribution is 6.38. The van der Waals surface area contributed by atoms with Gasteiger partial charge in [-0.2, -0.15) is 0 Å². The van der Waals surface area contributed by atoms with Crippen LogP contribution in [0, 0.1) is 6.92 Å². The Labute approximate surface area is 252 Å². The van der Waals surface area contributed by atoms with Crippen molar-refractivity contribution in [2.45, 2.75) is 13.5 Å². The Balaban J connectivity index is 1.36. The number of carboxylic acids is 1. The number of pyridine rings is 1. The SMILES string of the molecule is Cc1ccc2cccc(OCc3c(Cl)ccc(N(C)C(=O)CNC(=O)C=Cc4ccc(OCC(=O)O)cc4)c3Cl)c2n1. The number of carboxylic acid groups (broad SMARTS) is 1. The van der Waals surface area contributed by atoms with Gasteiger partial charge in [0.25, 0.3) is 0 Å². The van der Waals surface area contributed by atoms with Gasteiger partial charge < -0.3 is 24.8 Å². The quantitative estimate of drug-likeness (QED) is 0.210. The number of ether oxygens (including phenoxy) is 2. The van der Waals surface area contributed by atoms with Gasteiger partial charge in [0.05, 0.1) is 17.3 Å². The van der Waals surface area contributed by atoms with Gasteiger partial charge in [0, 0.05) is 34.8 Å². The predicted molar refractivity (Wildman–Crippen MR) is 162 cm³/mol. The van der Waals surface area contributed by atoms with E-state index in [2.05, 4.69) is 10.3 Å². The average molecular weight is 608 g/mol. The zero-order valence-electron chi connectivity index (χ0n) is 22.8. The van der Waals surface area contributed by atoms with Gasteiger partial charge in [-0.3, -0.25) is 9.59 Å². The summed E-state index contributed by atoms with van der Waals surface area (Å²) in [6, 6.07) is 19.3. The smallest absolute Gasteiger partial charge is 0.341 e. The number of carbonyl (C=O) groups is 3. The van der Waals surface area contributed by atoms with Crippen LogP contribution >= 0.6 is 23.2 Å². The van der Waals surface area contributed by atoms with E-state index in [1.165, 1.54) is 11.0 Å². The number of nitrogens with zero attached hydrogens (tertiary/aromatic N) is 2. The number of hydrogen-bond acceptors (Lipinski definition) is 6. The summed E-state index contributed by atoms with van der Waals surface area (Å²) >= 11 is 13.1. The number of fused-ring (bicyclic) bond motifs is 1. The number of nitrogens with one attached hydrogen (secondary N) is 1. The number of carbonyl (C=O) groups excluding carboxylic acids is 2. The maximum absolute atomic E-state index is 12.9. The third-order valence-electron chi connectivity index (χ3n) is 6.18. The summed E-state index contributed by atoms with van der Waals surface area (Å²) in [4.78, 5) is 41.7. The topological polar surface area (TPSA) is 118 Å². The third-order valence-corrected chi connectivity index (χ3v) is 6.95. The molecule has 0 spiro atoms. The summed E-state index contributed by atoms with van der Waals surface area (Å²) < 4.78 is 11.1. The first-order chi connectivity index (χ1) is 20.1. The lowest BCUT2D eigenvalue weighted by atomic mass is 10.1. The van der Waals surface area contributed by atoms with Crippen molar-refractivity contribution in [1.29, 1.82) is 0 Å². The monoisotopic (exact) mass is 607 g/mol. The first-order valence-corrected chi connectivity index (χ1v) is 13.5. The zero-order chi connectivity index (χ0) is 30.2. The van der Waals surface area contributed by atoms with E-state index in [-0.39, 0.29) is 18.2 Å². The summed E-state index contributed by atoms with van der Waals surface area (Å²) in [7, 11) is 1.55. The molecule has 9 nitrogen and oxygen atoms in total. The van der Waals surface area contributed by atoms with Gasteiger partial charge in [-0.1, -0.05) is 53.5 Å². The van der Waals surface area contributed by atoms with E-state index in [0.29, 0.717) is 33.3 Å². The maximum atomic E-state index is 12.9. The van der Waals surface area contributed by atoms with Crippen molar-refractivity contribution >= 4 is 63.7 Å². The lowest BCUT2D eigenvalue weighted by Crippen LogP contribution is -2.37. The minimum atomic E-state index is -1.08. The zero-order valence-corrected chi connectivity index (χ0v) is 24.3. The number of para-hydroxylation sites is 1. The maximum Gasteiger partial charge on any atom is 0.341 e. The molecule has 216 valence electrons. The Bertz CT molecular complexity index is 1660. The summed E-state index contributed by atoms with van der Waals surface area (Å²) in [6.45, 7) is 1.24. The molecule has 1 aromatic heterocycles. The lowest BCUT2D eigenvalue weighted by Gasteiger charge is -2.21. The van der Waals surface area contributed by atoms with E-state index in [1.54, 1.807) is 49.5 Å². The van der Waals surface area contributed by atoms with Crippen LogP contribution in [0.5, 0.6) is 11.5 Å². The van der Waals surface area contributed by atoms with Crippen LogP contribution in [-0.2, 0) is 21.0 Å². The molecule has 0 atom stereocenters. The molecule has 0 radical (unpaired) electrons. The molecule has 0 unspecified atom stereocenters. The fourth-order valence-electron chi connectivity index (χ4n) is 3.93. The normalized spacial score (nSPS) is 11.0. The Kier molecular flexibility index (Phi) is 10.0. The Morgan fingerprint density at radius 1 is 1.00 bits per heavy atom. The van der Waals surface area contributed by atoms with Crippen molar-refractivity contribution in [3.63, 3.8) is 0 Å². The molecular weight excluding hydrogens is 581 g/mol. The molecule has 3 aromatic carbocycles. The molecule has 4 aromatic rings. The van der Waals surface area contributed by atoms with Crippen molar-refractivity contribution in [3.8, 4) is 11.5 Å². The molecule has 0 bridgehead atoms. The molecule has 42 heavy (non-hydrogen) atoms.